The first-order valence-corrected chi connectivity index (χ1v) is 9.32. The second kappa shape index (κ2) is 6.31. The first-order chi connectivity index (χ1) is 10.6. The highest BCUT2D eigenvalue weighted by Gasteiger charge is 2.13. The summed E-state index contributed by atoms with van der Waals surface area (Å²) in [6.07, 6.45) is 0.985. The maximum absolute atomic E-state index is 10.9. The van der Waals surface area contributed by atoms with Crippen molar-refractivity contribution in [3.63, 3.8) is 0 Å². The number of carbonyl (C=O) groups is 1. The predicted octanol–water partition coefficient (Wildman–Crippen LogP) is 4.01. The number of fused-ring (bicyclic) bond motifs is 1. The van der Waals surface area contributed by atoms with Crippen molar-refractivity contribution in [1.29, 1.82) is 0 Å². The van der Waals surface area contributed by atoms with Crippen LogP contribution in [0.2, 0.25) is 0 Å². The molecule has 0 amide bonds. The van der Waals surface area contributed by atoms with E-state index >= 15 is 0 Å². The van der Waals surface area contributed by atoms with Crippen molar-refractivity contribution in [3.05, 3.63) is 32.8 Å². The van der Waals surface area contributed by atoms with Gasteiger partial charge in [0.05, 0.1) is 5.75 Å². The lowest BCUT2D eigenvalue weighted by Crippen LogP contribution is -1.96. The molecule has 0 bridgehead atoms. The van der Waals surface area contributed by atoms with E-state index in [-0.39, 0.29) is 5.69 Å². The lowest BCUT2D eigenvalue weighted by Gasteiger charge is -2.02. The third kappa shape index (κ3) is 3.13. The zero-order valence-corrected chi connectivity index (χ0v) is 14.4. The van der Waals surface area contributed by atoms with Crippen molar-refractivity contribution in [2.45, 2.75) is 31.0 Å². The van der Waals surface area contributed by atoms with Gasteiger partial charge in [-0.2, -0.15) is 0 Å². The quantitative estimate of drug-likeness (QED) is 0.553. The average Bonchev–Trinajstić information content (AvgIpc) is 3.10. The van der Waals surface area contributed by atoms with Crippen LogP contribution in [0.3, 0.4) is 0 Å². The molecule has 8 heteroatoms. The Morgan fingerprint density at radius 2 is 2.18 bits per heavy atom. The molecule has 0 fully saturated rings. The van der Waals surface area contributed by atoms with Crippen LogP contribution in [0.15, 0.2) is 16.5 Å². The van der Waals surface area contributed by atoms with Crippen LogP contribution in [-0.4, -0.2) is 26.0 Å². The summed E-state index contributed by atoms with van der Waals surface area (Å²) in [7, 11) is 0. The van der Waals surface area contributed by atoms with Crippen LogP contribution < -0.4 is 0 Å². The Morgan fingerprint density at radius 3 is 2.86 bits per heavy atom. The highest BCUT2D eigenvalue weighted by atomic mass is 32.2. The van der Waals surface area contributed by atoms with E-state index in [4.69, 9.17) is 5.11 Å². The standard InChI is InChI=1S/C14H13N3O2S3/c1-3-8-4-9-12(15-7(2)16-13(9)22-8)21-6-11-17-10(5-20-11)14(18)19/h4-5H,3,6H2,1-2H3,(H,18,19). The number of rotatable bonds is 5. The molecule has 0 saturated carbocycles. The largest absolute Gasteiger partial charge is 0.476 e. The van der Waals surface area contributed by atoms with E-state index in [0.717, 1.165) is 32.5 Å². The number of thioether (sulfide) groups is 1. The number of nitrogens with zero attached hydrogens (tertiary/aromatic N) is 3. The van der Waals surface area contributed by atoms with Crippen molar-refractivity contribution in [2.24, 2.45) is 0 Å². The number of aryl methyl sites for hydroxylation is 2. The summed E-state index contributed by atoms with van der Waals surface area (Å²) in [4.78, 5) is 26.3. The van der Waals surface area contributed by atoms with Crippen LogP contribution in [0.4, 0.5) is 0 Å². The van der Waals surface area contributed by atoms with Crippen molar-refractivity contribution in [2.75, 3.05) is 0 Å². The first-order valence-electron chi connectivity index (χ1n) is 6.64. The van der Waals surface area contributed by atoms with Crippen LogP contribution >= 0.6 is 34.4 Å². The molecule has 0 aliphatic rings. The number of thiazole rings is 1. The number of aromatic carboxylic acids is 1. The Bertz CT molecular complexity index is 841. The van der Waals surface area contributed by atoms with E-state index in [2.05, 4.69) is 27.9 Å². The van der Waals surface area contributed by atoms with Crippen molar-refractivity contribution in [1.82, 2.24) is 15.0 Å². The van der Waals surface area contributed by atoms with Gasteiger partial charge in [-0.3, -0.25) is 0 Å². The zero-order chi connectivity index (χ0) is 15.7. The van der Waals surface area contributed by atoms with Gasteiger partial charge in [0, 0.05) is 15.6 Å². The van der Waals surface area contributed by atoms with E-state index in [9.17, 15) is 4.79 Å². The molecule has 3 aromatic rings. The molecular weight excluding hydrogens is 338 g/mol. The molecule has 0 aromatic carbocycles. The molecule has 0 atom stereocenters. The van der Waals surface area contributed by atoms with Gasteiger partial charge in [-0.05, 0) is 19.4 Å². The fourth-order valence-electron chi connectivity index (χ4n) is 1.94. The highest BCUT2D eigenvalue weighted by molar-refractivity contribution is 7.98. The lowest BCUT2D eigenvalue weighted by molar-refractivity contribution is 0.0691. The molecule has 0 aliphatic heterocycles. The summed E-state index contributed by atoms with van der Waals surface area (Å²) >= 11 is 4.64. The summed E-state index contributed by atoms with van der Waals surface area (Å²) in [6.45, 7) is 4.02. The fraction of sp³-hybridized carbons (Fsp3) is 0.286. The van der Waals surface area contributed by atoms with E-state index in [1.165, 1.54) is 16.2 Å². The molecule has 0 aliphatic carbocycles. The van der Waals surface area contributed by atoms with Crippen LogP contribution in [-0.2, 0) is 12.2 Å². The molecular formula is C14H13N3O2S3. The number of thiophene rings is 1. The number of hydrogen-bond donors (Lipinski definition) is 1. The van der Waals surface area contributed by atoms with Crippen molar-refractivity contribution >= 4 is 50.6 Å². The maximum Gasteiger partial charge on any atom is 0.355 e. The second-order valence-corrected chi connectivity index (χ2v) is 7.60. The van der Waals surface area contributed by atoms with Gasteiger partial charge in [-0.1, -0.05) is 18.7 Å². The summed E-state index contributed by atoms with van der Waals surface area (Å²) in [5, 5.41) is 13.3. The molecule has 0 radical (unpaired) electrons. The van der Waals surface area contributed by atoms with Gasteiger partial charge in [0.1, 0.15) is 20.7 Å². The van der Waals surface area contributed by atoms with Gasteiger partial charge in [0.2, 0.25) is 0 Å². The Labute approximate surface area is 139 Å². The number of aromatic nitrogens is 3. The Hall–Kier alpha value is -1.51. The van der Waals surface area contributed by atoms with E-state index in [1.54, 1.807) is 28.5 Å². The molecule has 22 heavy (non-hydrogen) atoms. The van der Waals surface area contributed by atoms with Gasteiger partial charge in [-0.25, -0.2) is 19.7 Å². The normalized spacial score (nSPS) is 11.2. The fourth-order valence-corrected chi connectivity index (χ4v) is 4.85. The Kier molecular flexibility index (Phi) is 4.42. The van der Waals surface area contributed by atoms with Crippen LogP contribution in [0, 0.1) is 6.92 Å². The minimum atomic E-state index is -0.988. The van der Waals surface area contributed by atoms with Crippen LogP contribution in [0.25, 0.3) is 10.2 Å². The van der Waals surface area contributed by atoms with Crippen LogP contribution in [0.5, 0.6) is 0 Å². The Balaban J connectivity index is 1.86. The van der Waals surface area contributed by atoms with Gasteiger partial charge in [-0.15, -0.1) is 22.7 Å². The molecule has 0 saturated heterocycles. The molecule has 3 rings (SSSR count). The van der Waals surface area contributed by atoms with Crippen LogP contribution in [0.1, 0.15) is 33.1 Å². The number of carboxylic acids is 1. The Morgan fingerprint density at radius 1 is 1.36 bits per heavy atom. The summed E-state index contributed by atoms with van der Waals surface area (Å²) in [5.41, 5.74) is 0.105. The van der Waals surface area contributed by atoms with Gasteiger partial charge in [0.25, 0.3) is 0 Å². The molecule has 114 valence electrons. The van der Waals surface area contributed by atoms with Crippen molar-refractivity contribution in [3.8, 4) is 0 Å². The smallest absolute Gasteiger partial charge is 0.355 e. The monoisotopic (exact) mass is 351 g/mol. The van der Waals surface area contributed by atoms with E-state index in [0.29, 0.717) is 5.75 Å². The number of carboxylic acid groups (broad SMARTS) is 1. The summed E-state index contributed by atoms with van der Waals surface area (Å²) in [6, 6.07) is 2.15. The van der Waals surface area contributed by atoms with Gasteiger partial charge >= 0.3 is 5.97 Å². The molecule has 3 aromatic heterocycles. The predicted molar refractivity (Wildman–Crippen MR) is 90.2 cm³/mol. The number of hydrogen-bond acceptors (Lipinski definition) is 7. The lowest BCUT2D eigenvalue weighted by atomic mass is 10.3. The second-order valence-electron chi connectivity index (χ2n) is 4.58. The zero-order valence-electron chi connectivity index (χ0n) is 12.0. The van der Waals surface area contributed by atoms with E-state index < -0.39 is 5.97 Å². The molecule has 0 spiro atoms. The minimum absolute atomic E-state index is 0.105. The van der Waals surface area contributed by atoms with Crippen molar-refractivity contribution < 1.29 is 9.90 Å². The first kappa shape index (κ1) is 15.4. The minimum Gasteiger partial charge on any atom is -0.476 e. The van der Waals surface area contributed by atoms with E-state index in [1.807, 2.05) is 6.92 Å². The maximum atomic E-state index is 10.9. The third-order valence-electron chi connectivity index (χ3n) is 2.97. The average molecular weight is 351 g/mol. The SMILES string of the molecule is CCc1cc2c(SCc3nc(C(=O)O)cs3)nc(C)nc2s1. The molecule has 1 N–H and O–H groups in total. The van der Waals surface area contributed by atoms with Gasteiger partial charge < -0.3 is 5.11 Å². The molecule has 5 nitrogen and oxygen atoms in total. The molecule has 3 heterocycles. The third-order valence-corrected chi connectivity index (χ3v) is 6.18. The summed E-state index contributed by atoms with van der Waals surface area (Å²) < 4.78 is 0. The topological polar surface area (TPSA) is 76.0 Å². The molecule has 0 unspecified atom stereocenters. The highest BCUT2D eigenvalue weighted by Crippen LogP contribution is 2.33. The summed E-state index contributed by atoms with van der Waals surface area (Å²) in [5.74, 6) is 0.379. The van der Waals surface area contributed by atoms with Gasteiger partial charge in [0.15, 0.2) is 5.69 Å².